The maximum atomic E-state index is 12.8. The smallest absolute Gasteiger partial charge is 0.416 e. The highest BCUT2D eigenvalue weighted by atomic mass is 19.4. The van der Waals surface area contributed by atoms with Crippen LogP contribution < -0.4 is 5.32 Å². The maximum Gasteiger partial charge on any atom is 0.416 e. The average molecular weight is 414 g/mol. The van der Waals surface area contributed by atoms with Crippen LogP contribution in [0, 0.1) is 13.8 Å². The van der Waals surface area contributed by atoms with E-state index in [9.17, 15) is 18.0 Å². The number of fused-ring (bicyclic) bond motifs is 1. The lowest BCUT2D eigenvalue weighted by atomic mass is 10.1. The van der Waals surface area contributed by atoms with Gasteiger partial charge in [0.1, 0.15) is 5.82 Å². The summed E-state index contributed by atoms with van der Waals surface area (Å²) >= 11 is 0. The summed E-state index contributed by atoms with van der Waals surface area (Å²) in [7, 11) is 0. The Kier molecular flexibility index (Phi) is 4.81. The molecule has 0 aliphatic rings. The molecule has 2 aromatic heterocycles. The van der Waals surface area contributed by atoms with Gasteiger partial charge in [-0.1, -0.05) is 18.2 Å². The molecule has 4 aromatic rings. The second-order valence-electron chi connectivity index (χ2n) is 6.92. The number of amides is 1. The van der Waals surface area contributed by atoms with Crippen molar-refractivity contribution in [3.63, 3.8) is 0 Å². The molecule has 1 amide bonds. The van der Waals surface area contributed by atoms with Crippen LogP contribution in [-0.2, 0) is 17.4 Å². The molecular formula is C21H17F3N4O2. The van der Waals surface area contributed by atoms with Crippen LogP contribution in [-0.4, -0.2) is 20.5 Å². The Balaban J connectivity index is 1.49. The van der Waals surface area contributed by atoms with Gasteiger partial charge in [-0.05, 0) is 49.2 Å². The zero-order valence-corrected chi connectivity index (χ0v) is 16.1. The molecule has 2 heterocycles. The number of halogens is 3. The molecular weight excluding hydrogens is 397 g/mol. The number of nitrogens with one attached hydrogen (secondary N) is 1. The summed E-state index contributed by atoms with van der Waals surface area (Å²) in [6.45, 7) is 3.62. The summed E-state index contributed by atoms with van der Waals surface area (Å²) in [4.78, 5) is 16.4. The van der Waals surface area contributed by atoms with Gasteiger partial charge < -0.3 is 9.73 Å². The standard InChI is InChI=1S/C21H17F3N4O2/c1-12-8-15(20-27-28-13(2)25-11-19(28)30-20)6-7-17(12)26-18(29)10-14-4-3-5-16(9-14)21(22,23)24/h3-9,11H,10H2,1-2H3,(H,26,29). The third kappa shape index (κ3) is 3.91. The predicted octanol–water partition coefficient (Wildman–Crippen LogP) is 4.81. The number of aryl methyl sites for hydroxylation is 2. The third-order valence-electron chi connectivity index (χ3n) is 4.64. The van der Waals surface area contributed by atoms with Crippen LogP contribution in [0.2, 0.25) is 0 Å². The molecule has 154 valence electrons. The SMILES string of the molecule is Cc1cc(-c2nn3c(C)ncc3o2)ccc1NC(=O)Cc1cccc(C(F)(F)F)c1. The highest BCUT2D eigenvalue weighted by Gasteiger charge is 2.30. The number of aromatic nitrogens is 3. The van der Waals surface area contributed by atoms with Crippen molar-refractivity contribution in [1.29, 1.82) is 0 Å². The highest BCUT2D eigenvalue weighted by Crippen LogP contribution is 2.30. The van der Waals surface area contributed by atoms with Gasteiger partial charge in [0, 0.05) is 11.3 Å². The molecule has 1 N–H and O–H groups in total. The molecule has 0 spiro atoms. The maximum absolute atomic E-state index is 12.8. The average Bonchev–Trinajstić information content (AvgIpc) is 3.25. The molecule has 0 saturated heterocycles. The third-order valence-corrected chi connectivity index (χ3v) is 4.64. The Labute approximate surface area is 169 Å². The number of benzene rings is 2. The molecule has 2 aromatic carbocycles. The normalized spacial score (nSPS) is 11.8. The molecule has 0 fully saturated rings. The van der Waals surface area contributed by atoms with E-state index in [1.165, 1.54) is 12.1 Å². The van der Waals surface area contributed by atoms with E-state index >= 15 is 0 Å². The van der Waals surface area contributed by atoms with Crippen molar-refractivity contribution in [2.45, 2.75) is 26.4 Å². The number of hydrogen-bond donors (Lipinski definition) is 1. The monoisotopic (exact) mass is 414 g/mol. The van der Waals surface area contributed by atoms with Gasteiger partial charge in [-0.2, -0.15) is 17.7 Å². The second kappa shape index (κ2) is 7.33. The van der Waals surface area contributed by atoms with Gasteiger partial charge in [-0.25, -0.2) is 4.98 Å². The van der Waals surface area contributed by atoms with E-state index in [4.69, 9.17) is 4.42 Å². The van der Waals surface area contributed by atoms with Gasteiger partial charge in [-0.3, -0.25) is 4.79 Å². The summed E-state index contributed by atoms with van der Waals surface area (Å²) in [5, 5.41) is 7.11. The van der Waals surface area contributed by atoms with E-state index in [-0.39, 0.29) is 12.0 Å². The highest BCUT2D eigenvalue weighted by molar-refractivity contribution is 5.93. The number of carbonyl (C=O) groups is 1. The van der Waals surface area contributed by atoms with E-state index in [0.717, 1.165) is 23.3 Å². The first-order valence-electron chi connectivity index (χ1n) is 9.09. The van der Waals surface area contributed by atoms with Crippen LogP contribution in [0.3, 0.4) is 0 Å². The summed E-state index contributed by atoms with van der Waals surface area (Å²) in [5.41, 5.74) is 2.09. The van der Waals surface area contributed by atoms with Crippen LogP contribution in [0.4, 0.5) is 18.9 Å². The van der Waals surface area contributed by atoms with Gasteiger partial charge in [0.05, 0.1) is 18.2 Å². The molecule has 4 rings (SSSR count). The van der Waals surface area contributed by atoms with Crippen molar-refractivity contribution in [3.8, 4) is 11.5 Å². The molecule has 0 bridgehead atoms. The van der Waals surface area contributed by atoms with Crippen molar-refractivity contribution in [1.82, 2.24) is 14.6 Å². The quantitative estimate of drug-likeness (QED) is 0.520. The zero-order valence-electron chi connectivity index (χ0n) is 16.1. The molecule has 0 aliphatic carbocycles. The molecule has 0 atom stereocenters. The Morgan fingerprint density at radius 1 is 1.17 bits per heavy atom. The Morgan fingerprint density at radius 2 is 1.97 bits per heavy atom. The molecule has 6 nitrogen and oxygen atoms in total. The predicted molar refractivity (Wildman–Crippen MR) is 104 cm³/mol. The van der Waals surface area contributed by atoms with Crippen LogP contribution in [0.15, 0.2) is 53.1 Å². The fourth-order valence-electron chi connectivity index (χ4n) is 3.11. The second-order valence-corrected chi connectivity index (χ2v) is 6.92. The van der Waals surface area contributed by atoms with Crippen molar-refractivity contribution in [2.24, 2.45) is 0 Å². The number of carbonyl (C=O) groups excluding carboxylic acids is 1. The number of alkyl halides is 3. The van der Waals surface area contributed by atoms with Crippen molar-refractivity contribution >= 4 is 17.3 Å². The first-order valence-corrected chi connectivity index (χ1v) is 9.09. The lowest BCUT2D eigenvalue weighted by molar-refractivity contribution is -0.137. The number of imidazole rings is 1. The molecule has 0 saturated carbocycles. The Morgan fingerprint density at radius 3 is 2.67 bits per heavy atom. The van der Waals surface area contributed by atoms with Crippen LogP contribution in [0.25, 0.3) is 17.2 Å². The lowest BCUT2D eigenvalue weighted by Gasteiger charge is -2.11. The largest absolute Gasteiger partial charge is 0.417 e. The lowest BCUT2D eigenvalue weighted by Crippen LogP contribution is -2.15. The van der Waals surface area contributed by atoms with Crippen molar-refractivity contribution in [2.75, 3.05) is 5.32 Å². The van der Waals surface area contributed by atoms with Crippen molar-refractivity contribution in [3.05, 3.63) is 71.2 Å². The summed E-state index contributed by atoms with van der Waals surface area (Å²) in [6.07, 6.45) is -3.02. The van der Waals surface area contributed by atoms with Crippen LogP contribution in [0.1, 0.15) is 22.5 Å². The van der Waals surface area contributed by atoms with Gasteiger partial charge in [-0.15, -0.1) is 5.10 Å². The number of anilines is 1. The van der Waals surface area contributed by atoms with Gasteiger partial charge in [0.15, 0.2) is 0 Å². The van der Waals surface area contributed by atoms with E-state index < -0.39 is 17.6 Å². The molecule has 0 radical (unpaired) electrons. The van der Waals surface area contributed by atoms with E-state index in [1.807, 2.05) is 19.9 Å². The number of hydrogen-bond acceptors (Lipinski definition) is 4. The molecule has 30 heavy (non-hydrogen) atoms. The first-order chi connectivity index (χ1) is 14.2. The molecule has 0 unspecified atom stereocenters. The molecule has 0 aliphatic heterocycles. The molecule has 9 heteroatoms. The van der Waals surface area contributed by atoms with E-state index in [0.29, 0.717) is 23.1 Å². The minimum atomic E-state index is -4.45. The van der Waals surface area contributed by atoms with Crippen molar-refractivity contribution < 1.29 is 22.4 Å². The van der Waals surface area contributed by atoms with Gasteiger partial charge in [0.2, 0.25) is 17.5 Å². The van der Waals surface area contributed by atoms with Crippen LogP contribution >= 0.6 is 0 Å². The summed E-state index contributed by atoms with van der Waals surface area (Å²) in [6, 6.07) is 10.0. The Bertz CT molecular complexity index is 1240. The topological polar surface area (TPSA) is 72.4 Å². The number of nitrogens with zero attached hydrogens (tertiary/aromatic N) is 3. The van der Waals surface area contributed by atoms with Crippen LogP contribution in [0.5, 0.6) is 0 Å². The minimum Gasteiger partial charge on any atom is -0.417 e. The van der Waals surface area contributed by atoms with E-state index in [2.05, 4.69) is 15.4 Å². The summed E-state index contributed by atoms with van der Waals surface area (Å²) in [5.74, 6) is 0.716. The minimum absolute atomic E-state index is 0.164. The van der Waals surface area contributed by atoms with E-state index in [1.54, 1.807) is 22.8 Å². The van der Waals surface area contributed by atoms with Gasteiger partial charge in [0.25, 0.3) is 0 Å². The summed E-state index contributed by atoms with van der Waals surface area (Å²) < 4.78 is 45.8. The number of rotatable bonds is 4. The fourth-order valence-corrected chi connectivity index (χ4v) is 3.11. The fraction of sp³-hybridized carbons (Fsp3) is 0.190. The first kappa shape index (κ1) is 19.7. The van der Waals surface area contributed by atoms with Gasteiger partial charge >= 0.3 is 6.18 Å². The Hall–Kier alpha value is -3.62. The zero-order chi connectivity index (χ0) is 21.5.